The average molecular weight is 403 g/mol. The maximum absolute atomic E-state index is 12.1. The molecule has 142 valence electrons. The van der Waals surface area contributed by atoms with Crippen molar-refractivity contribution in [1.29, 1.82) is 0 Å². The van der Waals surface area contributed by atoms with E-state index in [2.05, 4.69) is 10.2 Å². The summed E-state index contributed by atoms with van der Waals surface area (Å²) >= 11 is 11.9. The van der Waals surface area contributed by atoms with Crippen LogP contribution in [0.25, 0.3) is 0 Å². The molecule has 0 saturated carbocycles. The number of anilines is 1. The van der Waals surface area contributed by atoms with Crippen LogP contribution in [-0.2, 0) is 4.79 Å². The summed E-state index contributed by atoms with van der Waals surface area (Å²) in [5.74, 6) is 0.240. The minimum Gasteiger partial charge on any atom is -0.482 e. The summed E-state index contributed by atoms with van der Waals surface area (Å²) < 4.78 is 5.57. The van der Waals surface area contributed by atoms with Crippen LogP contribution in [0.5, 0.6) is 5.75 Å². The number of likely N-dealkylation sites (tertiary alicyclic amines) is 1. The van der Waals surface area contributed by atoms with Crippen molar-refractivity contribution in [3.63, 3.8) is 0 Å². The van der Waals surface area contributed by atoms with E-state index < -0.39 is 0 Å². The molecule has 0 aromatic heterocycles. The van der Waals surface area contributed by atoms with Crippen LogP contribution < -0.4 is 10.1 Å². The molecule has 0 radical (unpaired) electrons. The largest absolute Gasteiger partial charge is 0.482 e. The van der Waals surface area contributed by atoms with E-state index in [4.69, 9.17) is 28.6 Å². The zero-order valence-electron chi connectivity index (χ0n) is 15.3. The molecule has 1 fully saturated rings. The minimum absolute atomic E-state index is 0.108. The van der Waals surface area contributed by atoms with Gasteiger partial charge in [0.2, 0.25) is 0 Å². The zero-order valence-corrected chi connectivity index (χ0v) is 16.9. The lowest BCUT2D eigenvalue weighted by Crippen LogP contribution is -2.34. The molecule has 6 heteroatoms. The molecule has 27 heavy (non-hydrogen) atoms. The van der Waals surface area contributed by atoms with Gasteiger partial charge in [0.25, 0.3) is 5.91 Å². The number of hydrogen-bond acceptors (Lipinski definition) is 3. The molecular formula is C21H23ClN2O2S. The maximum Gasteiger partial charge on any atom is 0.262 e. The molecule has 1 heterocycles. The Kier molecular flexibility index (Phi) is 6.69. The predicted octanol–water partition coefficient (Wildman–Crippen LogP) is 4.83. The van der Waals surface area contributed by atoms with Gasteiger partial charge in [-0.25, -0.2) is 0 Å². The summed E-state index contributed by atoms with van der Waals surface area (Å²) in [6.07, 6.45) is 3.60. The molecule has 0 unspecified atom stereocenters. The van der Waals surface area contributed by atoms with E-state index in [9.17, 15) is 4.79 Å². The highest BCUT2D eigenvalue weighted by molar-refractivity contribution is 7.80. The van der Waals surface area contributed by atoms with Gasteiger partial charge in [0.05, 0.1) is 5.02 Å². The predicted molar refractivity (Wildman–Crippen MR) is 114 cm³/mol. The van der Waals surface area contributed by atoms with Crippen molar-refractivity contribution in [3.05, 3.63) is 58.6 Å². The fourth-order valence-corrected chi connectivity index (χ4v) is 3.55. The molecule has 1 saturated heterocycles. The van der Waals surface area contributed by atoms with Crippen molar-refractivity contribution in [3.8, 4) is 5.75 Å². The minimum atomic E-state index is -0.233. The standard InChI is InChI=1S/C21H23ClN2O2S/c1-15-5-8-17(9-6-15)23-20(25)14-26-19-10-7-16(13-18(19)22)21(27)24-11-3-2-4-12-24/h5-10,13H,2-4,11-12,14H2,1H3,(H,23,25). The van der Waals surface area contributed by atoms with Gasteiger partial charge in [0, 0.05) is 24.3 Å². The maximum atomic E-state index is 12.1. The number of carbonyl (C=O) groups excluding carboxylic acids is 1. The smallest absolute Gasteiger partial charge is 0.262 e. The van der Waals surface area contributed by atoms with E-state index >= 15 is 0 Å². The van der Waals surface area contributed by atoms with Crippen molar-refractivity contribution in [2.45, 2.75) is 26.2 Å². The molecule has 4 nitrogen and oxygen atoms in total. The van der Waals surface area contributed by atoms with Gasteiger partial charge in [-0.15, -0.1) is 0 Å². The molecule has 2 aromatic rings. The number of piperidine rings is 1. The molecule has 1 N–H and O–H groups in total. The highest BCUT2D eigenvalue weighted by atomic mass is 35.5. The second-order valence-electron chi connectivity index (χ2n) is 6.70. The van der Waals surface area contributed by atoms with Crippen molar-refractivity contribution in [2.24, 2.45) is 0 Å². The first-order chi connectivity index (χ1) is 13.0. The summed E-state index contributed by atoms with van der Waals surface area (Å²) in [5.41, 5.74) is 2.79. The molecular weight excluding hydrogens is 380 g/mol. The quantitative estimate of drug-likeness (QED) is 0.727. The zero-order chi connectivity index (χ0) is 19.2. The summed E-state index contributed by atoms with van der Waals surface area (Å²) in [6.45, 7) is 3.88. The third-order valence-electron chi connectivity index (χ3n) is 4.52. The number of benzene rings is 2. The van der Waals surface area contributed by atoms with Crippen molar-refractivity contribution >= 4 is 40.4 Å². The lowest BCUT2D eigenvalue weighted by molar-refractivity contribution is -0.118. The third-order valence-corrected chi connectivity index (χ3v) is 5.31. The van der Waals surface area contributed by atoms with Gasteiger partial charge in [-0.05, 0) is 56.5 Å². The average Bonchev–Trinajstić information content (AvgIpc) is 2.69. The molecule has 0 bridgehead atoms. The Labute approximate surface area is 170 Å². The van der Waals surface area contributed by atoms with Gasteiger partial charge in [-0.1, -0.05) is 41.5 Å². The lowest BCUT2D eigenvalue weighted by Gasteiger charge is -2.29. The summed E-state index contributed by atoms with van der Waals surface area (Å²) in [6, 6.07) is 13.1. The molecule has 2 aromatic carbocycles. The Bertz CT molecular complexity index is 817. The second kappa shape index (κ2) is 9.20. The number of carbonyl (C=O) groups is 1. The Morgan fingerprint density at radius 1 is 1.15 bits per heavy atom. The SMILES string of the molecule is Cc1ccc(NC(=O)COc2ccc(C(=S)N3CCCCC3)cc2Cl)cc1. The fraction of sp³-hybridized carbons (Fsp3) is 0.333. The number of nitrogens with one attached hydrogen (secondary N) is 1. The van der Waals surface area contributed by atoms with E-state index in [0.717, 1.165) is 34.9 Å². The lowest BCUT2D eigenvalue weighted by atomic mass is 10.1. The van der Waals surface area contributed by atoms with Crippen LogP contribution in [0.15, 0.2) is 42.5 Å². The van der Waals surface area contributed by atoms with Gasteiger partial charge in [0.15, 0.2) is 6.61 Å². The van der Waals surface area contributed by atoms with Gasteiger partial charge in [-0.2, -0.15) is 0 Å². The number of halogens is 1. The van der Waals surface area contributed by atoms with Gasteiger partial charge in [-0.3, -0.25) is 4.79 Å². The molecule has 3 rings (SSSR count). The number of aryl methyl sites for hydroxylation is 1. The Morgan fingerprint density at radius 3 is 2.52 bits per heavy atom. The third kappa shape index (κ3) is 5.44. The van der Waals surface area contributed by atoms with E-state index in [1.165, 1.54) is 19.3 Å². The number of hydrogen-bond donors (Lipinski definition) is 1. The van der Waals surface area contributed by atoms with Crippen LogP contribution in [-0.4, -0.2) is 35.5 Å². The van der Waals surface area contributed by atoms with Crippen LogP contribution in [0.2, 0.25) is 5.02 Å². The number of thiocarbonyl (C=S) groups is 1. The van der Waals surface area contributed by atoms with Crippen LogP contribution in [0.1, 0.15) is 30.4 Å². The van der Waals surface area contributed by atoms with Gasteiger partial charge < -0.3 is 15.0 Å². The van der Waals surface area contributed by atoms with E-state index in [0.29, 0.717) is 10.8 Å². The number of rotatable bonds is 5. The van der Waals surface area contributed by atoms with Crippen LogP contribution >= 0.6 is 23.8 Å². The van der Waals surface area contributed by atoms with Crippen LogP contribution in [0.3, 0.4) is 0 Å². The molecule has 0 spiro atoms. The number of ether oxygens (including phenoxy) is 1. The summed E-state index contributed by atoms with van der Waals surface area (Å²) in [7, 11) is 0. The monoisotopic (exact) mass is 402 g/mol. The van der Waals surface area contributed by atoms with Crippen molar-refractivity contribution in [1.82, 2.24) is 4.90 Å². The summed E-state index contributed by atoms with van der Waals surface area (Å²) in [4.78, 5) is 15.1. The van der Waals surface area contributed by atoms with Crippen LogP contribution in [0, 0.1) is 6.92 Å². The first-order valence-corrected chi connectivity index (χ1v) is 9.90. The molecule has 1 amide bonds. The Morgan fingerprint density at radius 2 is 1.85 bits per heavy atom. The normalized spacial score (nSPS) is 13.9. The van der Waals surface area contributed by atoms with Crippen molar-refractivity contribution in [2.75, 3.05) is 25.0 Å². The summed E-state index contributed by atoms with van der Waals surface area (Å²) in [5, 5.41) is 3.25. The first-order valence-electron chi connectivity index (χ1n) is 9.11. The Balaban J connectivity index is 1.56. The molecule has 0 aliphatic carbocycles. The molecule has 0 atom stereocenters. The second-order valence-corrected chi connectivity index (χ2v) is 7.49. The van der Waals surface area contributed by atoms with Gasteiger partial charge in [0.1, 0.15) is 10.7 Å². The highest BCUT2D eigenvalue weighted by Crippen LogP contribution is 2.27. The number of amides is 1. The number of nitrogens with zero attached hydrogens (tertiary/aromatic N) is 1. The van der Waals surface area contributed by atoms with E-state index in [1.54, 1.807) is 6.07 Å². The van der Waals surface area contributed by atoms with Crippen molar-refractivity contribution < 1.29 is 9.53 Å². The van der Waals surface area contributed by atoms with Gasteiger partial charge >= 0.3 is 0 Å². The van der Waals surface area contributed by atoms with E-state index in [1.807, 2.05) is 43.3 Å². The van der Waals surface area contributed by atoms with Crippen LogP contribution in [0.4, 0.5) is 5.69 Å². The molecule has 1 aliphatic rings. The first kappa shape index (κ1) is 19.6. The molecule has 1 aliphatic heterocycles. The fourth-order valence-electron chi connectivity index (χ4n) is 3.01. The Hall–Kier alpha value is -2.11. The van der Waals surface area contributed by atoms with E-state index in [-0.39, 0.29) is 12.5 Å². The highest BCUT2D eigenvalue weighted by Gasteiger charge is 2.16. The topological polar surface area (TPSA) is 41.6 Å².